The number of halogens is 1. The highest BCUT2D eigenvalue weighted by Gasteiger charge is 2.05. The lowest BCUT2D eigenvalue weighted by Gasteiger charge is -2.08. The van der Waals surface area contributed by atoms with Gasteiger partial charge in [-0.2, -0.15) is 0 Å². The van der Waals surface area contributed by atoms with Gasteiger partial charge in [0.05, 0.1) is 12.1 Å². The van der Waals surface area contributed by atoms with Crippen LogP contribution in [0.3, 0.4) is 0 Å². The van der Waals surface area contributed by atoms with Gasteiger partial charge < -0.3 is 10.1 Å². The van der Waals surface area contributed by atoms with Crippen LogP contribution in [0.4, 0.5) is 0 Å². The number of methoxy groups -OCH3 is 1. The maximum Gasteiger partial charge on any atom is 0.251 e. The lowest BCUT2D eigenvalue weighted by atomic mass is 10.1. The fraction of sp³-hybridized carbons (Fsp3) is 0.182. The zero-order chi connectivity index (χ0) is 20.5. The van der Waals surface area contributed by atoms with Crippen molar-refractivity contribution in [2.24, 2.45) is 0 Å². The summed E-state index contributed by atoms with van der Waals surface area (Å²) in [5.41, 5.74) is 2.64. The highest BCUT2D eigenvalue weighted by Crippen LogP contribution is 2.19. The molecule has 0 fully saturated rings. The Labute approximate surface area is 180 Å². The zero-order valence-corrected chi connectivity index (χ0v) is 17.6. The topological polar surface area (TPSA) is 63.2 Å². The van der Waals surface area contributed by atoms with Gasteiger partial charge in [0.15, 0.2) is 0 Å². The second kappa shape index (κ2) is 10.9. The van der Waals surface area contributed by atoms with Crippen LogP contribution in [0.2, 0.25) is 5.02 Å². The fourth-order valence-corrected chi connectivity index (χ4v) is 3.37. The van der Waals surface area contributed by atoms with Crippen molar-refractivity contribution in [3.05, 3.63) is 88.7 Å². The SMILES string of the molecule is COc1ccc(SNCc2ccc(C(=O)NCCc3ccc(Cl)cn3)cc2)cc1. The number of nitrogens with one attached hydrogen (secondary N) is 2. The number of carbonyl (C=O) groups is 1. The third-order valence-corrected chi connectivity index (χ3v) is 5.22. The number of ether oxygens (including phenoxy) is 1. The van der Waals surface area contributed by atoms with Crippen LogP contribution in [0.15, 0.2) is 71.8 Å². The average Bonchev–Trinajstić information content (AvgIpc) is 2.76. The zero-order valence-electron chi connectivity index (χ0n) is 16.0. The Morgan fingerprint density at radius 1 is 1.07 bits per heavy atom. The number of rotatable bonds is 9. The Balaban J connectivity index is 1.41. The minimum absolute atomic E-state index is 0.0916. The quantitative estimate of drug-likeness (QED) is 0.492. The molecule has 1 aromatic heterocycles. The molecular formula is C22H22ClN3O2S. The van der Waals surface area contributed by atoms with Crippen LogP contribution >= 0.6 is 23.5 Å². The number of benzene rings is 2. The van der Waals surface area contributed by atoms with E-state index in [0.29, 0.717) is 30.1 Å². The third kappa shape index (κ3) is 6.78. The van der Waals surface area contributed by atoms with Crippen molar-refractivity contribution >= 4 is 29.5 Å². The molecule has 0 aliphatic heterocycles. The lowest BCUT2D eigenvalue weighted by Crippen LogP contribution is -2.25. The number of amides is 1. The number of hydrogen-bond donors (Lipinski definition) is 2. The number of nitrogens with zero attached hydrogens (tertiary/aromatic N) is 1. The summed E-state index contributed by atoms with van der Waals surface area (Å²) in [6.45, 7) is 1.22. The molecule has 7 heteroatoms. The van der Waals surface area contributed by atoms with Crippen LogP contribution in [0.25, 0.3) is 0 Å². The van der Waals surface area contributed by atoms with Gasteiger partial charge >= 0.3 is 0 Å². The van der Waals surface area contributed by atoms with Crippen molar-refractivity contribution in [2.75, 3.05) is 13.7 Å². The molecule has 0 saturated heterocycles. The number of carbonyl (C=O) groups excluding carboxylic acids is 1. The predicted molar refractivity (Wildman–Crippen MR) is 117 cm³/mol. The summed E-state index contributed by atoms with van der Waals surface area (Å²) in [5, 5.41) is 3.52. The first-order valence-electron chi connectivity index (χ1n) is 9.15. The van der Waals surface area contributed by atoms with E-state index in [1.165, 1.54) is 0 Å². The molecule has 1 heterocycles. The smallest absolute Gasteiger partial charge is 0.251 e. The van der Waals surface area contributed by atoms with Crippen LogP contribution in [0, 0.1) is 0 Å². The largest absolute Gasteiger partial charge is 0.497 e. The molecule has 0 aliphatic carbocycles. The molecule has 1 amide bonds. The summed E-state index contributed by atoms with van der Waals surface area (Å²) in [7, 11) is 1.65. The van der Waals surface area contributed by atoms with Gasteiger partial charge in [-0.25, -0.2) is 0 Å². The van der Waals surface area contributed by atoms with E-state index in [1.807, 2.05) is 54.6 Å². The Morgan fingerprint density at radius 3 is 2.48 bits per heavy atom. The first-order chi connectivity index (χ1) is 14.1. The first-order valence-corrected chi connectivity index (χ1v) is 10.3. The van der Waals surface area contributed by atoms with Crippen molar-refractivity contribution in [1.82, 2.24) is 15.0 Å². The van der Waals surface area contributed by atoms with Crippen molar-refractivity contribution in [1.29, 1.82) is 0 Å². The van der Waals surface area contributed by atoms with E-state index in [0.717, 1.165) is 21.9 Å². The summed E-state index contributed by atoms with van der Waals surface area (Å²) in [4.78, 5) is 17.6. The van der Waals surface area contributed by atoms with Crippen molar-refractivity contribution in [3.8, 4) is 5.75 Å². The van der Waals surface area contributed by atoms with Crippen LogP contribution in [0.5, 0.6) is 5.75 Å². The Hall–Kier alpha value is -2.54. The van der Waals surface area contributed by atoms with Crippen molar-refractivity contribution < 1.29 is 9.53 Å². The summed E-state index contributed by atoms with van der Waals surface area (Å²) >= 11 is 7.38. The van der Waals surface area contributed by atoms with Crippen molar-refractivity contribution in [2.45, 2.75) is 17.9 Å². The van der Waals surface area contributed by atoms with Gasteiger partial charge in [0.25, 0.3) is 5.91 Å². The number of pyridine rings is 1. The average molecular weight is 428 g/mol. The van der Waals surface area contributed by atoms with Crippen LogP contribution < -0.4 is 14.8 Å². The minimum atomic E-state index is -0.0916. The van der Waals surface area contributed by atoms with E-state index in [-0.39, 0.29) is 5.91 Å². The van der Waals surface area contributed by atoms with Crippen molar-refractivity contribution in [3.63, 3.8) is 0 Å². The van der Waals surface area contributed by atoms with E-state index in [9.17, 15) is 4.79 Å². The molecule has 0 atom stereocenters. The molecule has 0 aliphatic rings. The summed E-state index contributed by atoms with van der Waals surface area (Å²) < 4.78 is 8.47. The summed E-state index contributed by atoms with van der Waals surface area (Å²) in [6.07, 6.45) is 2.27. The van der Waals surface area contributed by atoms with Gasteiger partial charge in [-0.15, -0.1) is 0 Å². The third-order valence-electron chi connectivity index (χ3n) is 4.20. The minimum Gasteiger partial charge on any atom is -0.497 e. The fourth-order valence-electron chi connectivity index (χ4n) is 2.58. The number of aromatic nitrogens is 1. The molecule has 3 aromatic rings. The second-order valence-corrected chi connectivity index (χ2v) is 7.67. The van der Waals surface area contributed by atoms with Gasteiger partial charge in [-0.1, -0.05) is 23.7 Å². The number of hydrogen-bond acceptors (Lipinski definition) is 5. The molecule has 3 rings (SSSR count). The molecule has 29 heavy (non-hydrogen) atoms. The van der Waals surface area contributed by atoms with E-state index in [2.05, 4.69) is 15.0 Å². The molecular weight excluding hydrogens is 406 g/mol. The van der Waals surface area contributed by atoms with E-state index < -0.39 is 0 Å². The molecule has 0 bridgehead atoms. The van der Waals surface area contributed by atoms with Gasteiger partial charge in [0, 0.05) is 41.9 Å². The maximum absolute atomic E-state index is 12.3. The van der Waals surface area contributed by atoms with Gasteiger partial charge in [0.2, 0.25) is 0 Å². The molecule has 5 nitrogen and oxygen atoms in total. The Kier molecular flexibility index (Phi) is 7.93. The summed E-state index contributed by atoms with van der Waals surface area (Å²) in [6, 6.07) is 19.1. The monoisotopic (exact) mass is 427 g/mol. The van der Waals surface area contributed by atoms with E-state index in [1.54, 1.807) is 31.3 Å². The second-order valence-electron chi connectivity index (χ2n) is 6.27. The van der Waals surface area contributed by atoms with Crippen LogP contribution in [0.1, 0.15) is 21.6 Å². The van der Waals surface area contributed by atoms with E-state index >= 15 is 0 Å². The molecule has 0 unspecified atom stereocenters. The Bertz CT molecular complexity index is 916. The molecule has 2 N–H and O–H groups in total. The molecule has 0 saturated carbocycles. The standard InChI is InChI=1S/C22H22ClN3O2S/c1-28-20-8-10-21(11-9-20)29-26-14-16-2-4-17(5-3-16)22(27)24-13-12-19-7-6-18(23)15-25-19/h2-11,15,26H,12-14H2,1H3,(H,24,27). The van der Waals surface area contributed by atoms with Gasteiger partial charge in [-0.3, -0.25) is 14.5 Å². The maximum atomic E-state index is 12.3. The lowest BCUT2D eigenvalue weighted by molar-refractivity contribution is 0.0954. The molecule has 150 valence electrons. The van der Waals surface area contributed by atoms with Crippen LogP contribution in [-0.2, 0) is 13.0 Å². The highest BCUT2D eigenvalue weighted by atomic mass is 35.5. The van der Waals surface area contributed by atoms with Gasteiger partial charge in [0.1, 0.15) is 5.75 Å². The normalized spacial score (nSPS) is 10.6. The summed E-state index contributed by atoms with van der Waals surface area (Å²) in [5.74, 6) is 0.749. The predicted octanol–water partition coefficient (Wildman–Crippen LogP) is 4.51. The van der Waals surface area contributed by atoms with E-state index in [4.69, 9.17) is 16.3 Å². The molecule has 2 aromatic carbocycles. The first kappa shape index (κ1) is 21.2. The highest BCUT2D eigenvalue weighted by molar-refractivity contribution is 7.97. The Morgan fingerprint density at radius 2 is 1.83 bits per heavy atom. The molecule has 0 spiro atoms. The molecule has 0 radical (unpaired) electrons. The van der Waals surface area contributed by atoms with Gasteiger partial charge in [-0.05, 0) is 66.0 Å². The van der Waals surface area contributed by atoms with Crippen LogP contribution in [-0.4, -0.2) is 24.5 Å².